The highest BCUT2D eigenvalue weighted by Gasteiger charge is 2.57. The fraction of sp³-hybridized carbons (Fsp3) is 0.750. The van der Waals surface area contributed by atoms with Crippen molar-refractivity contribution >= 4 is 17.9 Å². The molecule has 6 heteroatoms. The van der Waals surface area contributed by atoms with Crippen LogP contribution >= 0.6 is 0 Å². The second kappa shape index (κ2) is 13.9. The first-order chi connectivity index (χ1) is 19.6. The zero-order chi connectivity index (χ0) is 31.3. The van der Waals surface area contributed by atoms with Crippen LogP contribution in [0.1, 0.15) is 131 Å². The van der Waals surface area contributed by atoms with Gasteiger partial charge in [0.1, 0.15) is 16.8 Å². The molecule has 0 aliphatic heterocycles. The van der Waals surface area contributed by atoms with Crippen molar-refractivity contribution < 1.29 is 28.6 Å². The number of carbonyl (C=O) groups is 3. The topological polar surface area (TPSA) is 78.9 Å². The van der Waals surface area contributed by atoms with Crippen LogP contribution in [0.2, 0.25) is 0 Å². The molecule has 0 heterocycles. The van der Waals surface area contributed by atoms with Crippen molar-refractivity contribution in [2.24, 2.45) is 23.7 Å². The van der Waals surface area contributed by atoms with E-state index in [4.69, 9.17) is 14.2 Å². The summed E-state index contributed by atoms with van der Waals surface area (Å²) in [5, 5.41) is 0. The molecule has 0 N–H and O–H groups in total. The molecule has 6 saturated carbocycles. The zero-order valence-electron chi connectivity index (χ0n) is 27.3. The van der Waals surface area contributed by atoms with E-state index in [2.05, 4.69) is 33.6 Å². The molecule has 6 aliphatic rings. The van der Waals surface area contributed by atoms with Gasteiger partial charge in [-0.15, -0.1) is 0 Å². The van der Waals surface area contributed by atoms with Gasteiger partial charge in [0, 0.05) is 16.7 Å². The summed E-state index contributed by atoms with van der Waals surface area (Å²) in [4.78, 5) is 34.3. The van der Waals surface area contributed by atoms with Gasteiger partial charge in [0.15, 0.2) is 0 Å². The van der Waals surface area contributed by atoms with E-state index in [0.29, 0.717) is 28.6 Å². The Kier molecular flexibility index (Phi) is 11.3. The van der Waals surface area contributed by atoms with E-state index < -0.39 is 0 Å². The van der Waals surface area contributed by atoms with E-state index in [0.717, 1.165) is 43.9 Å². The van der Waals surface area contributed by atoms with Gasteiger partial charge >= 0.3 is 17.9 Å². The normalized spacial score (nSPS) is 31.0. The lowest BCUT2D eigenvalue weighted by molar-refractivity contribution is -0.199. The van der Waals surface area contributed by atoms with Crippen LogP contribution in [-0.2, 0) is 28.6 Å². The Morgan fingerprint density at radius 2 is 1.00 bits per heavy atom. The third-order valence-corrected chi connectivity index (χ3v) is 10.6. The number of esters is 3. The smallest absolute Gasteiger partial charge is 0.333 e. The molecular formula is C36H56O6. The van der Waals surface area contributed by atoms with E-state index in [-0.39, 0.29) is 34.7 Å². The van der Waals surface area contributed by atoms with Crippen molar-refractivity contribution in [3.63, 3.8) is 0 Å². The van der Waals surface area contributed by atoms with E-state index >= 15 is 0 Å². The van der Waals surface area contributed by atoms with Crippen LogP contribution in [0.3, 0.4) is 0 Å². The molecule has 42 heavy (non-hydrogen) atoms. The standard InChI is InChI=1S/C15H22O2.C11H18O2.C10H16O2/c1-9(2)14(16)17-15(3)12-5-10-4-11(7-12)8-13(15)6-10;1-4-11(7-5-6-8-11)13-10(12)9(2)3;1-8(2)9(11)12-10(3)6-4-5-7-10/h10-13H,1,4-8H2,2-3H3;2,4-8H2,1,3H3;1,4-7H2,2-3H3. The lowest BCUT2D eigenvalue weighted by atomic mass is 9.50. The molecule has 0 amide bonds. The Morgan fingerprint density at radius 1 is 0.619 bits per heavy atom. The van der Waals surface area contributed by atoms with Gasteiger partial charge in [0.2, 0.25) is 0 Å². The highest BCUT2D eigenvalue weighted by molar-refractivity contribution is 5.88. The van der Waals surface area contributed by atoms with Gasteiger partial charge in [-0.1, -0.05) is 26.7 Å². The predicted octanol–water partition coefficient (Wildman–Crippen LogP) is 8.59. The lowest BCUT2D eigenvalue weighted by Gasteiger charge is -2.59. The van der Waals surface area contributed by atoms with E-state index in [1.165, 1.54) is 57.8 Å². The summed E-state index contributed by atoms with van der Waals surface area (Å²) >= 11 is 0. The molecule has 0 radical (unpaired) electrons. The number of ether oxygens (including phenoxy) is 3. The molecule has 0 saturated heterocycles. The summed E-state index contributed by atoms with van der Waals surface area (Å²) in [6.07, 6.45) is 16.1. The van der Waals surface area contributed by atoms with Crippen molar-refractivity contribution in [2.45, 2.75) is 148 Å². The van der Waals surface area contributed by atoms with Crippen molar-refractivity contribution in [1.29, 1.82) is 0 Å². The largest absolute Gasteiger partial charge is 0.456 e. The number of rotatable bonds is 7. The fourth-order valence-corrected chi connectivity index (χ4v) is 7.94. The summed E-state index contributed by atoms with van der Waals surface area (Å²) in [5.74, 6) is 2.34. The van der Waals surface area contributed by atoms with Crippen molar-refractivity contribution in [2.75, 3.05) is 0 Å². The summed E-state index contributed by atoms with van der Waals surface area (Å²) < 4.78 is 16.6. The Hall–Kier alpha value is -2.37. The zero-order valence-corrected chi connectivity index (χ0v) is 27.3. The summed E-state index contributed by atoms with van der Waals surface area (Å²) in [6, 6.07) is 0. The first kappa shape index (κ1) is 34.1. The van der Waals surface area contributed by atoms with Crippen molar-refractivity contribution in [1.82, 2.24) is 0 Å². The van der Waals surface area contributed by atoms with Crippen LogP contribution < -0.4 is 0 Å². The van der Waals surface area contributed by atoms with Gasteiger partial charge in [-0.25, -0.2) is 14.4 Å². The molecule has 0 spiro atoms. The van der Waals surface area contributed by atoms with Gasteiger partial charge in [0.25, 0.3) is 0 Å². The minimum atomic E-state index is -0.251. The molecule has 4 bridgehead atoms. The second-order valence-corrected chi connectivity index (χ2v) is 14.4. The van der Waals surface area contributed by atoms with Gasteiger partial charge in [0.05, 0.1) is 0 Å². The Morgan fingerprint density at radius 3 is 1.40 bits per heavy atom. The Labute approximate surface area is 254 Å². The number of hydrogen-bond acceptors (Lipinski definition) is 6. The maximum atomic E-state index is 11.8. The molecule has 6 fully saturated rings. The SMILES string of the molecule is C=C(C)C(=O)OC1(C)C2CC3CC(C2)CC1C3.C=C(C)C(=O)OC1(C)CCCC1.C=C(C)C(=O)OC1(CC)CCCC1. The van der Waals surface area contributed by atoms with Crippen LogP contribution in [0.25, 0.3) is 0 Å². The lowest BCUT2D eigenvalue weighted by Crippen LogP contribution is -2.58. The molecule has 0 aromatic heterocycles. The monoisotopic (exact) mass is 584 g/mol. The van der Waals surface area contributed by atoms with Gasteiger partial charge in [-0.2, -0.15) is 0 Å². The summed E-state index contributed by atoms with van der Waals surface area (Å²) in [6.45, 7) is 22.2. The summed E-state index contributed by atoms with van der Waals surface area (Å²) in [5.41, 5.74) is 0.929. The average molecular weight is 585 g/mol. The fourth-order valence-electron chi connectivity index (χ4n) is 7.94. The Bertz CT molecular complexity index is 1010. The minimum Gasteiger partial charge on any atom is -0.456 e. The van der Waals surface area contributed by atoms with Gasteiger partial charge in [-0.3, -0.25) is 0 Å². The molecule has 0 unspecified atom stereocenters. The first-order valence-electron chi connectivity index (χ1n) is 16.3. The minimum absolute atomic E-state index is 0.171. The van der Waals surface area contributed by atoms with E-state index in [1.54, 1.807) is 20.8 Å². The molecule has 6 rings (SSSR count). The average Bonchev–Trinajstić information content (AvgIpc) is 3.57. The van der Waals surface area contributed by atoms with Crippen LogP contribution in [0.5, 0.6) is 0 Å². The molecule has 0 aromatic rings. The summed E-state index contributed by atoms with van der Waals surface area (Å²) in [7, 11) is 0. The Balaban J connectivity index is 0.000000177. The van der Waals surface area contributed by atoms with E-state index in [1.807, 2.05) is 6.92 Å². The quantitative estimate of drug-likeness (QED) is 0.169. The molecular weight excluding hydrogens is 528 g/mol. The first-order valence-corrected chi connectivity index (χ1v) is 16.3. The van der Waals surface area contributed by atoms with Gasteiger partial charge in [-0.05, 0) is 148 Å². The maximum absolute atomic E-state index is 11.8. The number of carbonyl (C=O) groups excluding carboxylic acids is 3. The maximum Gasteiger partial charge on any atom is 0.333 e. The molecule has 0 aromatic carbocycles. The predicted molar refractivity (Wildman–Crippen MR) is 167 cm³/mol. The third kappa shape index (κ3) is 8.38. The van der Waals surface area contributed by atoms with Crippen molar-refractivity contribution in [3.05, 3.63) is 36.5 Å². The second-order valence-electron chi connectivity index (χ2n) is 14.4. The molecule has 236 valence electrons. The van der Waals surface area contributed by atoms with Crippen LogP contribution in [-0.4, -0.2) is 34.7 Å². The van der Waals surface area contributed by atoms with Crippen LogP contribution in [0.4, 0.5) is 0 Å². The van der Waals surface area contributed by atoms with E-state index in [9.17, 15) is 14.4 Å². The highest BCUT2D eigenvalue weighted by atomic mass is 16.6. The highest BCUT2D eigenvalue weighted by Crippen LogP contribution is 2.59. The third-order valence-electron chi connectivity index (χ3n) is 10.6. The van der Waals surface area contributed by atoms with Crippen LogP contribution in [0.15, 0.2) is 36.5 Å². The molecule has 6 aliphatic carbocycles. The molecule has 0 atom stereocenters. The van der Waals surface area contributed by atoms with Crippen LogP contribution in [0, 0.1) is 23.7 Å². The van der Waals surface area contributed by atoms with Gasteiger partial charge < -0.3 is 14.2 Å². The van der Waals surface area contributed by atoms with Crippen molar-refractivity contribution in [3.8, 4) is 0 Å². The number of hydrogen-bond donors (Lipinski definition) is 0. The molecule has 6 nitrogen and oxygen atoms in total.